The molecule has 0 unspecified atom stereocenters. The van der Waals surface area contributed by atoms with Crippen LogP contribution in [0, 0.1) is 0 Å². The van der Waals surface area contributed by atoms with Gasteiger partial charge in [-0.25, -0.2) is 4.68 Å². The summed E-state index contributed by atoms with van der Waals surface area (Å²) in [7, 11) is 0. The van der Waals surface area contributed by atoms with Gasteiger partial charge in [-0.05, 0) is 35.7 Å². The molecule has 0 amide bonds. The Bertz CT molecular complexity index is 1230. The van der Waals surface area contributed by atoms with Gasteiger partial charge in [0.1, 0.15) is 11.0 Å². The Labute approximate surface area is 157 Å². The molecule has 4 heteroatoms. The Hall–Kier alpha value is -3.53. The van der Waals surface area contributed by atoms with Crippen LogP contribution in [0.4, 0.5) is 0 Å². The molecule has 27 heavy (non-hydrogen) atoms. The molecule has 2 heterocycles. The van der Waals surface area contributed by atoms with Crippen molar-refractivity contribution in [2.45, 2.75) is 13.0 Å². The number of hydrogen-bond donors (Lipinski definition) is 0. The lowest BCUT2D eigenvalue weighted by Crippen LogP contribution is -2.08. The van der Waals surface area contributed by atoms with Crippen LogP contribution in [-0.4, -0.2) is 20.0 Å². The van der Waals surface area contributed by atoms with E-state index in [1.165, 1.54) is 11.1 Å². The van der Waals surface area contributed by atoms with Crippen LogP contribution in [0.5, 0.6) is 0 Å². The third-order valence-electron chi connectivity index (χ3n) is 5.05. The fourth-order valence-corrected chi connectivity index (χ4v) is 3.58. The fraction of sp³-hybridized carbons (Fsp3) is 0.0870. The van der Waals surface area contributed by atoms with Crippen molar-refractivity contribution in [1.82, 2.24) is 20.0 Å². The van der Waals surface area contributed by atoms with E-state index >= 15 is 0 Å². The van der Waals surface area contributed by atoms with Crippen molar-refractivity contribution < 1.29 is 0 Å². The first-order chi connectivity index (χ1) is 13.3. The van der Waals surface area contributed by atoms with Gasteiger partial charge in [0.25, 0.3) is 0 Å². The SMILES string of the molecule is C[C@@H](c1ccccc1)n1nnc2cnc3ccc(-c4ccccc4)cc3c21. The second kappa shape index (κ2) is 6.32. The molecule has 5 rings (SSSR count). The number of nitrogens with zero attached hydrogens (tertiary/aromatic N) is 4. The van der Waals surface area contributed by atoms with Crippen LogP contribution >= 0.6 is 0 Å². The molecule has 0 aliphatic carbocycles. The van der Waals surface area contributed by atoms with E-state index in [1.807, 2.05) is 16.8 Å². The van der Waals surface area contributed by atoms with E-state index in [-0.39, 0.29) is 6.04 Å². The first kappa shape index (κ1) is 15.7. The van der Waals surface area contributed by atoms with Gasteiger partial charge in [0.05, 0.1) is 17.8 Å². The molecule has 5 aromatic rings. The van der Waals surface area contributed by atoms with Crippen molar-refractivity contribution in [3.63, 3.8) is 0 Å². The molecule has 0 aliphatic heterocycles. The van der Waals surface area contributed by atoms with Crippen molar-refractivity contribution in [1.29, 1.82) is 0 Å². The first-order valence-corrected chi connectivity index (χ1v) is 9.05. The fourth-order valence-electron chi connectivity index (χ4n) is 3.58. The van der Waals surface area contributed by atoms with Crippen LogP contribution < -0.4 is 0 Å². The minimum absolute atomic E-state index is 0.0854. The van der Waals surface area contributed by atoms with E-state index in [9.17, 15) is 0 Å². The molecule has 3 aromatic carbocycles. The van der Waals surface area contributed by atoms with E-state index in [2.05, 4.69) is 88.9 Å². The van der Waals surface area contributed by atoms with E-state index < -0.39 is 0 Å². The largest absolute Gasteiger partial charge is 0.254 e. The van der Waals surface area contributed by atoms with Crippen LogP contribution in [0.25, 0.3) is 33.1 Å². The highest BCUT2D eigenvalue weighted by Gasteiger charge is 2.16. The second-order valence-electron chi connectivity index (χ2n) is 6.71. The number of benzene rings is 3. The number of rotatable bonds is 3. The van der Waals surface area contributed by atoms with E-state index in [4.69, 9.17) is 0 Å². The Morgan fingerprint density at radius 2 is 1.52 bits per heavy atom. The molecular formula is C23H18N4. The zero-order valence-electron chi connectivity index (χ0n) is 14.9. The average molecular weight is 350 g/mol. The van der Waals surface area contributed by atoms with Crippen molar-refractivity contribution in [3.05, 3.63) is 90.6 Å². The van der Waals surface area contributed by atoms with Crippen LogP contribution in [0.15, 0.2) is 85.1 Å². The number of hydrogen-bond acceptors (Lipinski definition) is 3. The first-order valence-electron chi connectivity index (χ1n) is 9.05. The Balaban J connectivity index is 1.75. The third-order valence-corrected chi connectivity index (χ3v) is 5.05. The maximum Gasteiger partial charge on any atom is 0.132 e. The maximum absolute atomic E-state index is 4.57. The molecule has 0 saturated carbocycles. The van der Waals surface area contributed by atoms with Gasteiger partial charge in [0.15, 0.2) is 0 Å². The van der Waals surface area contributed by atoms with Crippen LogP contribution in [0.3, 0.4) is 0 Å². The molecule has 130 valence electrons. The van der Waals surface area contributed by atoms with E-state index in [0.717, 1.165) is 27.5 Å². The molecule has 0 spiro atoms. The number of pyridine rings is 1. The summed E-state index contributed by atoms with van der Waals surface area (Å²) < 4.78 is 2.00. The van der Waals surface area contributed by atoms with Gasteiger partial charge in [-0.15, -0.1) is 5.10 Å². The zero-order valence-corrected chi connectivity index (χ0v) is 14.9. The summed E-state index contributed by atoms with van der Waals surface area (Å²) in [6.45, 7) is 2.15. The smallest absolute Gasteiger partial charge is 0.132 e. The standard InChI is InChI=1S/C23H18N4/c1-16(17-8-4-2-5-9-17)27-23-20-14-19(18-10-6-3-7-11-18)12-13-21(20)24-15-22(23)25-26-27/h2-16H,1H3/t16-/m0/s1. The van der Waals surface area contributed by atoms with E-state index in [0.29, 0.717) is 0 Å². The van der Waals surface area contributed by atoms with Crippen LogP contribution in [0.2, 0.25) is 0 Å². The lowest BCUT2D eigenvalue weighted by atomic mass is 10.0. The quantitative estimate of drug-likeness (QED) is 0.446. The number of aromatic nitrogens is 4. The van der Waals surface area contributed by atoms with Gasteiger partial charge in [-0.3, -0.25) is 4.98 Å². The highest BCUT2D eigenvalue weighted by atomic mass is 15.4. The molecular weight excluding hydrogens is 332 g/mol. The van der Waals surface area contributed by atoms with Crippen LogP contribution in [0.1, 0.15) is 18.5 Å². The van der Waals surface area contributed by atoms with Gasteiger partial charge in [0.2, 0.25) is 0 Å². The lowest BCUT2D eigenvalue weighted by molar-refractivity contribution is 0.561. The summed E-state index contributed by atoms with van der Waals surface area (Å²) in [6.07, 6.45) is 1.81. The summed E-state index contributed by atoms with van der Waals surface area (Å²) in [5.74, 6) is 0. The van der Waals surface area contributed by atoms with Crippen molar-refractivity contribution in [2.75, 3.05) is 0 Å². The van der Waals surface area contributed by atoms with Crippen molar-refractivity contribution in [3.8, 4) is 11.1 Å². The third kappa shape index (κ3) is 2.66. The summed E-state index contributed by atoms with van der Waals surface area (Å²) in [5.41, 5.74) is 6.34. The lowest BCUT2D eigenvalue weighted by Gasteiger charge is -2.14. The molecule has 2 aromatic heterocycles. The maximum atomic E-state index is 4.57. The summed E-state index contributed by atoms with van der Waals surface area (Å²) >= 11 is 0. The Kier molecular flexibility index (Phi) is 3.68. The Morgan fingerprint density at radius 3 is 2.30 bits per heavy atom. The molecule has 0 aliphatic rings. The summed E-state index contributed by atoms with van der Waals surface area (Å²) in [4.78, 5) is 4.57. The molecule has 1 atom stereocenters. The molecule has 0 saturated heterocycles. The summed E-state index contributed by atoms with van der Waals surface area (Å²) in [5, 5.41) is 9.89. The van der Waals surface area contributed by atoms with Gasteiger partial charge >= 0.3 is 0 Å². The molecule has 0 fully saturated rings. The van der Waals surface area contributed by atoms with Gasteiger partial charge < -0.3 is 0 Å². The topological polar surface area (TPSA) is 43.6 Å². The van der Waals surface area contributed by atoms with Gasteiger partial charge in [0, 0.05) is 5.39 Å². The van der Waals surface area contributed by atoms with Crippen molar-refractivity contribution >= 4 is 21.9 Å². The minimum Gasteiger partial charge on any atom is -0.254 e. The molecule has 4 nitrogen and oxygen atoms in total. The Morgan fingerprint density at radius 1 is 0.778 bits per heavy atom. The highest BCUT2D eigenvalue weighted by molar-refractivity contribution is 6.03. The molecule has 0 N–H and O–H groups in total. The predicted molar refractivity (Wildman–Crippen MR) is 109 cm³/mol. The summed E-state index contributed by atoms with van der Waals surface area (Å²) in [6, 6.07) is 27.2. The van der Waals surface area contributed by atoms with E-state index in [1.54, 1.807) is 6.20 Å². The highest BCUT2D eigenvalue weighted by Crippen LogP contribution is 2.30. The predicted octanol–water partition coefficient (Wildman–Crippen LogP) is 5.26. The zero-order chi connectivity index (χ0) is 18.2. The monoisotopic (exact) mass is 350 g/mol. The minimum atomic E-state index is 0.0854. The normalized spacial score (nSPS) is 12.5. The number of fused-ring (bicyclic) bond motifs is 3. The molecule has 0 bridgehead atoms. The van der Waals surface area contributed by atoms with Gasteiger partial charge in [-0.1, -0.05) is 71.9 Å². The second-order valence-corrected chi connectivity index (χ2v) is 6.71. The van der Waals surface area contributed by atoms with Crippen LogP contribution in [-0.2, 0) is 0 Å². The van der Waals surface area contributed by atoms with Crippen molar-refractivity contribution in [2.24, 2.45) is 0 Å². The average Bonchev–Trinajstić information content (AvgIpc) is 3.19. The molecule has 0 radical (unpaired) electrons. The van der Waals surface area contributed by atoms with Gasteiger partial charge in [-0.2, -0.15) is 0 Å².